The van der Waals surface area contributed by atoms with E-state index in [0.29, 0.717) is 6.54 Å². The van der Waals surface area contributed by atoms with Crippen LogP contribution in [0.5, 0.6) is 5.75 Å². The van der Waals surface area contributed by atoms with Crippen molar-refractivity contribution in [3.05, 3.63) is 46.0 Å². The molecule has 0 heterocycles. The van der Waals surface area contributed by atoms with E-state index in [9.17, 15) is 14.9 Å². The minimum Gasteiger partial charge on any atom is -0.490 e. The minimum atomic E-state index is -0.574. The fraction of sp³-hybridized carbons (Fsp3) is 0.308. The molecule has 0 atom stereocenters. The van der Waals surface area contributed by atoms with Gasteiger partial charge in [0.25, 0.3) is 5.91 Å². The number of rotatable bonds is 6. The van der Waals surface area contributed by atoms with Crippen molar-refractivity contribution in [3.8, 4) is 5.75 Å². The number of nitro benzene ring substituents is 1. The average Bonchev–Trinajstić information content (AvgIpc) is 2.42. The highest BCUT2D eigenvalue weighted by atomic mass is 16.6. The summed E-state index contributed by atoms with van der Waals surface area (Å²) in [6, 6.07) is 4.12. The number of benzene rings is 1. The Kier molecular flexibility index (Phi) is 5.53. The van der Waals surface area contributed by atoms with Crippen molar-refractivity contribution in [2.75, 3.05) is 13.7 Å². The van der Waals surface area contributed by atoms with Gasteiger partial charge in [0.15, 0.2) is 5.75 Å². The molecular weight excluding hydrogens is 248 g/mol. The number of carbonyl (C=O) groups is 1. The van der Waals surface area contributed by atoms with Gasteiger partial charge in [-0.3, -0.25) is 14.9 Å². The summed E-state index contributed by atoms with van der Waals surface area (Å²) >= 11 is 0. The second kappa shape index (κ2) is 7.15. The Bertz CT molecular complexity index is 497. The van der Waals surface area contributed by atoms with Gasteiger partial charge in [0.2, 0.25) is 0 Å². The first-order valence-corrected chi connectivity index (χ1v) is 5.82. The van der Waals surface area contributed by atoms with Crippen molar-refractivity contribution >= 4 is 11.6 Å². The minimum absolute atomic E-state index is 0.135. The number of nitrogens with one attached hydrogen (secondary N) is 1. The summed E-state index contributed by atoms with van der Waals surface area (Å²) in [6.07, 6.45) is 4.54. The van der Waals surface area contributed by atoms with Gasteiger partial charge in [0, 0.05) is 18.2 Å². The first kappa shape index (κ1) is 14.7. The molecule has 6 nitrogen and oxygen atoms in total. The molecule has 0 aliphatic rings. The van der Waals surface area contributed by atoms with Crippen LogP contribution in [0.2, 0.25) is 0 Å². The van der Waals surface area contributed by atoms with Crippen molar-refractivity contribution in [3.63, 3.8) is 0 Å². The zero-order chi connectivity index (χ0) is 14.3. The van der Waals surface area contributed by atoms with Gasteiger partial charge in [-0.2, -0.15) is 0 Å². The number of hydrogen-bond acceptors (Lipinski definition) is 4. The van der Waals surface area contributed by atoms with E-state index in [1.807, 2.05) is 19.1 Å². The molecule has 0 bridgehead atoms. The molecule has 1 aromatic carbocycles. The molecule has 1 N–H and O–H groups in total. The van der Waals surface area contributed by atoms with Crippen LogP contribution in [-0.4, -0.2) is 24.5 Å². The van der Waals surface area contributed by atoms with Gasteiger partial charge in [-0.05, 0) is 25.5 Å². The molecule has 0 aliphatic carbocycles. The van der Waals surface area contributed by atoms with Crippen LogP contribution in [0.3, 0.4) is 0 Å². The highest BCUT2D eigenvalue weighted by Gasteiger charge is 2.17. The van der Waals surface area contributed by atoms with Gasteiger partial charge in [0.1, 0.15) is 0 Å². The summed E-state index contributed by atoms with van der Waals surface area (Å²) in [4.78, 5) is 22.0. The van der Waals surface area contributed by atoms with Crippen LogP contribution in [0.25, 0.3) is 0 Å². The van der Waals surface area contributed by atoms with Crippen LogP contribution >= 0.6 is 0 Å². The molecule has 1 amide bonds. The third-order valence-electron chi connectivity index (χ3n) is 2.47. The fourth-order valence-corrected chi connectivity index (χ4v) is 1.51. The zero-order valence-corrected chi connectivity index (χ0v) is 10.9. The van der Waals surface area contributed by atoms with Gasteiger partial charge in [0.05, 0.1) is 12.0 Å². The molecule has 0 aromatic heterocycles. The molecule has 0 radical (unpaired) electrons. The van der Waals surface area contributed by atoms with Crippen LogP contribution in [-0.2, 0) is 0 Å². The van der Waals surface area contributed by atoms with E-state index < -0.39 is 4.92 Å². The maximum atomic E-state index is 11.8. The summed E-state index contributed by atoms with van der Waals surface area (Å²) in [6.45, 7) is 2.39. The summed E-state index contributed by atoms with van der Waals surface area (Å²) in [5, 5.41) is 13.5. The quantitative estimate of drug-likeness (QED) is 0.370. The number of nitrogens with zero attached hydrogens (tertiary/aromatic N) is 1. The highest BCUT2D eigenvalue weighted by molar-refractivity contribution is 5.95. The number of methoxy groups -OCH3 is 1. The van der Waals surface area contributed by atoms with Gasteiger partial charge in [-0.1, -0.05) is 12.2 Å². The second-order valence-electron chi connectivity index (χ2n) is 3.76. The molecule has 0 fully saturated rings. The molecule has 0 aliphatic heterocycles. The lowest BCUT2D eigenvalue weighted by Gasteiger charge is -2.05. The molecule has 1 aromatic rings. The number of carbonyl (C=O) groups excluding carboxylic acids is 1. The first-order chi connectivity index (χ1) is 9.10. The fourth-order valence-electron chi connectivity index (χ4n) is 1.51. The Morgan fingerprint density at radius 3 is 2.84 bits per heavy atom. The number of allylic oxidation sites excluding steroid dienone is 1. The van der Waals surface area contributed by atoms with Crippen LogP contribution in [0.15, 0.2) is 30.4 Å². The van der Waals surface area contributed by atoms with Crippen molar-refractivity contribution in [2.24, 2.45) is 0 Å². The Morgan fingerprint density at radius 1 is 1.53 bits per heavy atom. The first-order valence-electron chi connectivity index (χ1n) is 5.82. The summed E-state index contributed by atoms with van der Waals surface area (Å²) in [5.41, 5.74) is 0.0246. The highest BCUT2D eigenvalue weighted by Crippen LogP contribution is 2.27. The number of ether oxygens (including phenoxy) is 1. The van der Waals surface area contributed by atoms with E-state index in [1.165, 1.54) is 25.3 Å². The lowest BCUT2D eigenvalue weighted by molar-refractivity contribution is -0.385. The van der Waals surface area contributed by atoms with Gasteiger partial charge >= 0.3 is 5.69 Å². The number of hydrogen-bond donors (Lipinski definition) is 1. The van der Waals surface area contributed by atoms with Gasteiger partial charge in [-0.15, -0.1) is 0 Å². The summed E-state index contributed by atoms with van der Waals surface area (Å²) < 4.78 is 4.87. The Hall–Kier alpha value is -2.37. The van der Waals surface area contributed by atoms with Crippen LogP contribution < -0.4 is 10.1 Å². The summed E-state index contributed by atoms with van der Waals surface area (Å²) in [7, 11) is 1.35. The SMILES string of the molecule is C/C=C/CCNC(=O)c1ccc(OC)c([N+](=O)[O-])c1. The normalized spacial score (nSPS) is 10.4. The lowest BCUT2D eigenvalue weighted by atomic mass is 10.1. The van der Waals surface area contributed by atoms with E-state index >= 15 is 0 Å². The van der Waals surface area contributed by atoms with Crippen LogP contribution in [0.4, 0.5) is 5.69 Å². The molecule has 0 saturated carbocycles. The van der Waals surface area contributed by atoms with Gasteiger partial charge in [-0.25, -0.2) is 0 Å². The maximum Gasteiger partial charge on any atom is 0.311 e. The largest absolute Gasteiger partial charge is 0.490 e. The second-order valence-corrected chi connectivity index (χ2v) is 3.76. The van der Waals surface area contributed by atoms with E-state index in [2.05, 4.69) is 5.32 Å². The standard InChI is InChI=1S/C13H16N2O4/c1-3-4-5-8-14-13(16)10-6-7-12(19-2)11(9-10)15(17)18/h3-4,6-7,9H,5,8H2,1-2H3,(H,14,16)/b4-3+. The van der Waals surface area contributed by atoms with Crippen molar-refractivity contribution < 1.29 is 14.5 Å². The Labute approximate surface area is 111 Å². The third-order valence-corrected chi connectivity index (χ3v) is 2.47. The third kappa shape index (κ3) is 4.09. The Balaban J connectivity index is 2.80. The van der Waals surface area contributed by atoms with Crippen LogP contribution in [0, 0.1) is 10.1 Å². The smallest absolute Gasteiger partial charge is 0.311 e. The molecule has 0 spiro atoms. The van der Waals surface area contributed by atoms with Crippen molar-refractivity contribution in [1.82, 2.24) is 5.32 Å². The monoisotopic (exact) mass is 264 g/mol. The maximum absolute atomic E-state index is 11.8. The molecule has 0 unspecified atom stereocenters. The van der Waals surface area contributed by atoms with E-state index in [-0.39, 0.29) is 22.9 Å². The predicted octanol–water partition coefficient (Wildman–Crippen LogP) is 2.30. The molecule has 1 rings (SSSR count). The lowest BCUT2D eigenvalue weighted by Crippen LogP contribution is -2.24. The molecule has 19 heavy (non-hydrogen) atoms. The molecule has 0 saturated heterocycles. The van der Waals surface area contributed by atoms with Crippen molar-refractivity contribution in [2.45, 2.75) is 13.3 Å². The topological polar surface area (TPSA) is 81.5 Å². The van der Waals surface area contributed by atoms with E-state index in [0.717, 1.165) is 6.42 Å². The predicted molar refractivity (Wildman–Crippen MR) is 71.4 cm³/mol. The Morgan fingerprint density at radius 2 is 2.26 bits per heavy atom. The molecule has 6 heteroatoms. The zero-order valence-electron chi connectivity index (χ0n) is 10.9. The average molecular weight is 264 g/mol. The molecule has 102 valence electrons. The summed E-state index contributed by atoms with van der Waals surface area (Å²) in [5.74, 6) is -0.203. The van der Waals surface area contributed by atoms with Crippen LogP contribution in [0.1, 0.15) is 23.7 Å². The molecular formula is C13H16N2O4. The number of amides is 1. The number of nitro groups is 1. The van der Waals surface area contributed by atoms with Gasteiger partial charge < -0.3 is 10.1 Å². The van der Waals surface area contributed by atoms with E-state index in [4.69, 9.17) is 4.74 Å². The van der Waals surface area contributed by atoms with E-state index in [1.54, 1.807) is 0 Å². The van der Waals surface area contributed by atoms with Crippen molar-refractivity contribution in [1.29, 1.82) is 0 Å².